The molecule has 0 rings (SSSR count). The summed E-state index contributed by atoms with van der Waals surface area (Å²) in [6, 6.07) is 0.416. The molecule has 0 aliphatic rings. The van der Waals surface area contributed by atoms with E-state index in [0.29, 0.717) is 25.7 Å². The maximum Gasteiger partial charge on any atom is 0.234 e. The summed E-state index contributed by atoms with van der Waals surface area (Å²) in [4.78, 5) is 10.6. The van der Waals surface area contributed by atoms with Gasteiger partial charge < -0.3 is 10.1 Å². The van der Waals surface area contributed by atoms with E-state index in [1.54, 1.807) is 0 Å². The van der Waals surface area contributed by atoms with E-state index in [-0.39, 0.29) is 5.75 Å². The van der Waals surface area contributed by atoms with Crippen LogP contribution in [0, 0.1) is 0 Å². The van der Waals surface area contributed by atoms with Crippen LogP contribution in [0.5, 0.6) is 0 Å². The minimum Gasteiger partial charge on any atom is -0.380 e. The predicted octanol–water partition coefficient (Wildman–Crippen LogP) is -0.143. The molecule has 0 bridgehead atoms. The molecular formula is C10H22N2O4S. The van der Waals surface area contributed by atoms with Crippen LogP contribution in [0.15, 0.2) is 0 Å². The van der Waals surface area contributed by atoms with Crippen molar-refractivity contribution < 1.29 is 17.9 Å². The van der Waals surface area contributed by atoms with Gasteiger partial charge >= 0.3 is 0 Å². The number of carbonyl (C=O) groups excluding carboxylic acids is 1. The lowest BCUT2D eigenvalue weighted by atomic mass is 10.4. The van der Waals surface area contributed by atoms with Crippen molar-refractivity contribution in [3.8, 4) is 0 Å². The standard InChI is InChI=1S/C10H22N2O4S/c1-9(2)11-5-7-16-6-4-8-17(14,15)12-10(3)13/h9,11H,4-8H2,1-3H3,(H,12,13). The van der Waals surface area contributed by atoms with Crippen LogP contribution < -0.4 is 10.0 Å². The largest absolute Gasteiger partial charge is 0.380 e. The number of sulfonamides is 1. The average Bonchev–Trinajstić information content (AvgIpc) is 2.13. The zero-order valence-corrected chi connectivity index (χ0v) is 11.5. The first kappa shape index (κ1) is 16.3. The van der Waals surface area contributed by atoms with E-state index in [2.05, 4.69) is 5.32 Å². The summed E-state index contributed by atoms with van der Waals surface area (Å²) in [5, 5.41) is 3.18. The minimum absolute atomic E-state index is 0.0931. The van der Waals surface area contributed by atoms with Crippen molar-refractivity contribution in [2.24, 2.45) is 0 Å². The molecule has 0 saturated heterocycles. The van der Waals surface area contributed by atoms with E-state index < -0.39 is 15.9 Å². The third kappa shape index (κ3) is 11.6. The molecule has 0 aromatic rings. The molecule has 0 aliphatic carbocycles. The highest BCUT2D eigenvalue weighted by Crippen LogP contribution is 1.91. The molecule has 0 atom stereocenters. The number of amides is 1. The van der Waals surface area contributed by atoms with Crippen LogP contribution >= 0.6 is 0 Å². The molecule has 0 aromatic carbocycles. The Kier molecular flexibility index (Phi) is 8.11. The Hall–Kier alpha value is -0.660. The molecule has 0 fully saturated rings. The summed E-state index contributed by atoms with van der Waals surface area (Å²) in [6.07, 6.45) is 0.379. The van der Waals surface area contributed by atoms with Crippen molar-refractivity contribution >= 4 is 15.9 Å². The fraction of sp³-hybridized carbons (Fsp3) is 0.900. The van der Waals surface area contributed by atoms with Crippen LogP contribution in [0.25, 0.3) is 0 Å². The SMILES string of the molecule is CC(=O)NS(=O)(=O)CCCOCCNC(C)C. The van der Waals surface area contributed by atoms with Gasteiger partial charge in [-0.2, -0.15) is 0 Å². The van der Waals surface area contributed by atoms with Crippen molar-refractivity contribution in [1.29, 1.82) is 0 Å². The molecule has 0 radical (unpaired) electrons. The second-order valence-electron chi connectivity index (χ2n) is 4.05. The normalized spacial score (nSPS) is 11.8. The van der Waals surface area contributed by atoms with E-state index in [0.717, 1.165) is 6.54 Å². The van der Waals surface area contributed by atoms with E-state index in [1.807, 2.05) is 18.6 Å². The van der Waals surface area contributed by atoms with Crippen LogP contribution in [0.1, 0.15) is 27.2 Å². The molecule has 1 amide bonds. The number of nitrogens with one attached hydrogen (secondary N) is 2. The smallest absolute Gasteiger partial charge is 0.234 e. The number of hydrogen-bond donors (Lipinski definition) is 2. The van der Waals surface area contributed by atoms with Gasteiger partial charge in [0, 0.05) is 26.1 Å². The molecule has 6 nitrogen and oxygen atoms in total. The van der Waals surface area contributed by atoms with Crippen LogP contribution in [0.4, 0.5) is 0 Å². The van der Waals surface area contributed by atoms with Crippen LogP contribution in [-0.4, -0.2) is 45.9 Å². The second-order valence-corrected chi connectivity index (χ2v) is 5.89. The Morgan fingerprint density at radius 2 is 1.94 bits per heavy atom. The molecule has 0 unspecified atom stereocenters. The van der Waals surface area contributed by atoms with E-state index in [1.165, 1.54) is 6.92 Å². The van der Waals surface area contributed by atoms with Gasteiger partial charge in [-0.25, -0.2) is 8.42 Å². The Balaban J connectivity index is 3.48. The lowest BCUT2D eigenvalue weighted by Crippen LogP contribution is -2.31. The predicted molar refractivity (Wildman–Crippen MR) is 66.2 cm³/mol. The monoisotopic (exact) mass is 266 g/mol. The quantitative estimate of drug-likeness (QED) is 0.567. The summed E-state index contributed by atoms with van der Waals surface area (Å²) < 4.78 is 29.6. The molecule has 0 heterocycles. The molecule has 0 saturated carbocycles. The summed E-state index contributed by atoms with van der Waals surface area (Å²) >= 11 is 0. The van der Waals surface area contributed by atoms with E-state index in [9.17, 15) is 13.2 Å². The zero-order chi connectivity index (χ0) is 13.3. The van der Waals surface area contributed by atoms with Crippen LogP contribution in [0.2, 0.25) is 0 Å². The van der Waals surface area contributed by atoms with Crippen molar-refractivity contribution in [3.63, 3.8) is 0 Å². The summed E-state index contributed by atoms with van der Waals surface area (Å²) in [6.45, 7) is 6.93. The van der Waals surface area contributed by atoms with Crippen molar-refractivity contribution in [3.05, 3.63) is 0 Å². The topological polar surface area (TPSA) is 84.5 Å². The van der Waals surface area contributed by atoms with Gasteiger partial charge in [-0.05, 0) is 6.42 Å². The van der Waals surface area contributed by atoms with Gasteiger partial charge in [0.1, 0.15) is 0 Å². The molecule has 0 aromatic heterocycles. The highest BCUT2D eigenvalue weighted by atomic mass is 32.2. The molecule has 7 heteroatoms. The maximum atomic E-state index is 11.2. The van der Waals surface area contributed by atoms with Gasteiger partial charge in [-0.15, -0.1) is 0 Å². The first-order valence-corrected chi connectivity index (χ1v) is 7.31. The first-order valence-electron chi connectivity index (χ1n) is 5.65. The third-order valence-corrected chi connectivity index (χ3v) is 3.22. The highest BCUT2D eigenvalue weighted by molar-refractivity contribution is 7.90. The van der Waals surface area contributed by atoms with Crippen LogP contribution in [-0.2, 0) is 19.6 Å². The van der Waals surface area contributed by atoms with Gasteiger partial charge in [0.25, 0.3) is 0 Å². The first-order chi connectivity index (χ1) is 7.83. The average molecular weight is 266 g/mol. The maximum absolute atomic E-state index is 11.2. The van der Waals surface area contributed by atoms with E-state index >= 15 is 0 Å². The number of carbonyl (C=O) groups is 1. The fourth-order valence-corrected chi connectivity index (χ4v) is 2.18. The fourth-order valence-electron chi connectivity index (χ4n) is 1.14. The van der Waals surface area contributed by atoms with Crippen molar-refractivity contribution in [2.45, 2.75) is 33.2 Å². The number of ether oxygens (including phenoxy) is 1. The number of hydrogen-bond acceptors (Lipinski definition) is 5. The molecule has 0 spiro atoms. The van der Waals surface area contributed by atoms with E-state index in [4.69, 9.17) is 4.74 Å². The summed E-state index contributed by atoms with van der Waals surface area (Å²) in [5.74, 6) is -0.656. The summed E-state index contributed by atoms with van der Waals surface area (Å²) in [7, 11) is -3.48. The summed E-state index contributed by atoms with van der Waals surface area (Å²) in [5.41, 5.74) is 0. The molecule has 17 heavy (non-hydrogen) atoms. The molecule has 2 N–H and O–H groups in total. The second kappa shape index (κ2) is 8.43. The third-order valence-electron chi connectivity index (χ3n) is 1.80. The molecular weight excluding hydrogens is 244 g/mol. The Labute approximate surface area is 103 Å². The van der Waals surface area contributed by atoms with Gasteiger partial charge in [-0.3, -0.25) is 9.52 Å². The number of rotatable bonds is 9. The Morgan fingerprint density at radius 3 is 2.47 bits per heavy atom. The van der Waals surface area contributed by atoms with Gasteiger partial charge in [0.05, 0.1) is 12.4 Å². The van der Waals surface area contributed by atoms with Crippen LogP contribution in [0.3, 0.4) is 0 Å². The Morgan fingerprint density at radius 1 is 1.29 bits per heavy atom. The van der Waals surface area contributed by atoms with Crippen molar-refractivity contribution in [2.75, 3.05) is 25.5 Å². The molecule has 102 valence electrons. The van der Waals surface area contributed by atoms with Gasteiger partial charge in [0.2, 0.25) is 15.9 Å². The highest BCUT2D eigenvalue weighted by Gasteiger charge is 2.10. The lowest BCUT2D eigenvalue weighted by Gasteiger charge is -2.08. The van der Waals surface area contributed by atoms with Gasteiger partial charge in [-0.1, -0.05) is 13.8 Å². The lowest BCUT2D eigenvalue weighted by molar-refractivity contribution is -0.117. The van der Waals surface area contributed by atoms with Crippen molar-refractivity contribution in [1.82, 2.24) is 10.0 Å². The molecule has 0 aliphatic heterocycles. The minimum atomic E-state index is -3.48. The zero-order valence-electron chi connectivity index (χ0n) is 10.7. The Bertz CT molecular complexity index is 314. The van der Waals surface area contributed by atoms with Gasteiger partial charge in [0.15, 0.2) is 0 Å².